The molecule has 0 saturated heterocycles. The summed E-state index contributed by atoms with van der Waals surface area (Å²) in [5, 5.41) is 6.36. The summed E-state index contributed by atoms with van der Waals surface area (Å²) in [7, 11) is 1.85. The highest BCUT2D eigenvalue weighted by Gasteiger charge is 2.08. The zero-order valence-corrected chi connectivity index (χ0v) is 12.0. The van der Waals surface area contributed by atoms with Crippen LogP contribution in [-0.2, 0) is 13.0 Å². The Balaban J connectivity index is 2.18. The third-order valence-corrected chi connectivity index (χ3v) is 3.12. The normalized spacial score (nSPS) is 10.4. The topological polar surface area (TPSA) is 49.8 Å². The molecule has 4 nitrogen and oxygen atoms in total. The van der Waals surface area contributed by atoms with Gasteiger partial charge in [0.05, 0.1) is 0 Å². The molecule has 0 atom stereocenters. The lowest BCUT2D eigenvalue weighted by atomic mass is 10.2. The first-order valence-corrected chi connectivity index (χ1v) is 6.67. The summed E-state index contributed by atoms with van der Waals surface area (Å²) in [6, 6.07) is 6.44. The maximum atomic E-state index is 12.9. The Morgan fingerprint density at radius 2 is 1.75 bits per heavy atom. The average molecular weight is 274 g/mol. The predicted octanol–water partition coefficient (Wildman–Crippen LogP) is 3.14. The van der Waals surface area contributed by atoms with Crippen LogP contribution in [0.3, 0.4) is 0 Å². The minimum atomic E-state index is -0.224. The molecule has 0 aliphatic rings. The molecule has 2 N–H and O–H groups in total. The lowest BCUT2D eigenvalue weighted by molar-refractivity contribution is 0.627. The van der Waals surface area contributed by atoms with Crippen molar-refractivity contribution in [3.05, 3.63) is 47.0 Å². The number of aryl methyl sites for hydroxylation is 1. The molecule has 1 heterocycles. The van der Waals surface area contributed by atoms with Gasteiger partial charge in [-0.15, -0.1) is 0 Å². The van der Waals surface area contributed by atoms with Crippen molar-refractivity contribution in [1.82, 2.24) is 9.97 Å². The van der Waals surface area contributed by atoms with Crippen LogP contribution in [0, 0.1) is 12.7 Å². The molecule has 0 aliphatic carbocycles. The lowest BCUT2D eigenvalue weighted by Crippen LogP contribution is -2.09. The van der Waals surface area contributed by atoms with Gasteiger partial charge in [-0.1, -0.05) is 19.1 Å². The number of hydrogen-bond donors (Lipinski definition) is 2. The van der Waals surface area contributed by atoms with Crippen molar-refractivity contribution >= 4 is 11.6 Å². The fourth-order valence-corrected chi connectivity index (χ4v) is 1.92. The van der Waals surface area contributed by atoms with E-state index in [9.17, 15) is 4.39 Å². The highest BCUT2D eigenvalue weighted by Crippen LogP contribution is 2.20. The van der Waals surface area contributed by atoms with Crippen LogP contribution in [0.4, 0.5) is 16.0 Å². The first-order valence-electron chi connectivity index (χ1n) is 6.67. The number of aromatic nitrogens is 2. The van der Waals surface area contributed by atoms with Crippen LogP contribution in [0.25, 0.3) is 0 Å². The van der Waals surface area contributed by atoms with E-state index in [2.05, 4.69) is 20.6 Å². The molecule has 1 aromatic carbocycles. The molecule has 2 aromatic rings. The number of halogens is 1. The summed E-state index contributed by atoms with van der Waals surface area (Å²) in [5.41, 5.74) is 1.99. The summed E-state index contributed by atoms with van der Waals surface area (Å²) >= 11 is 0. The summed E-state index contributed by atoms with van der Waals surface area (Å²) in [6.45, 7) is 4.59. The molecule has 0 aliphatic heterocycles. The van der Waals surface area contributed by atoms with Crippen LogP contribution in [0.15, 0.2) is 24.3 Å². The van der Waals surface area contributed by atoms with Crippen LogP contribution in [0.2, 0.25) is 0 Å². The summed E-state index contributed by atoms with van der Waals surface area (Å²) < 4.78 is 12.9. The number of nitrogens with one attached hydrogen (secondary N) is 2. The van der Waals surface area contributed by atoms with E-state index < -0.39 is 0 Å². The largest absolute Gasteiger partial charge is 0.373 e. The van der Waals surface area contributed by atoms with E-state index in [1.54, 1.807) is 12.1 Å². The fraction of sp³-hybridized carbons (Fsp3) is 0.333. The van der Waals surface area contributed by atoms with Crippen LogP contribution >= 0.6 is 0 Å². The van der Waals surface area contributed by atoms with Gasteiger partial charge in [-0.2, -0.15) is 0 Å². The zero-order chi connectivity index (χ0) is 14.5. The highest BCUT2D eigenvalue weighted by molar-refractivity contribution is 5.57. The molecule has 20 heavy (non-hydrogen) atoms. The first kappa shape index (κ1) is 14.2. The fourth-order valence-electron chi connectivity index (χ4n) is 1.92. The van der Waals surface area contributed by atoms with Crippen molar-refractivity contribution in [2.75, 3.05) is 17.7 Å². The van der Waals surface area contributed by atoms with Gasteiger partial charge >= 0.3 is 0 Å². The molecule has 0 bridgehead atoms. The second-order valence-electron chi connectivity index (χ2n) is 4.55. The van der Waals surface area contributed by atoms with Crippen molar-refractivity contribution in [2.24, 2.45) is 0 Å². The number of benzene rings is 1. The number of hydrogen-bond acceptors (Lipinski definition) is 4. The SMILES string of the molecule is CCc1nc(NC)c(C)c(NCc2ccc(F)cc2)n1. The molecule has 0 radical (unpaired) electrons. The minimum absolute atomic E-state index is 0.224. The van der Waals surface area contributed by atoms with Crippen LogP contribution in [0.5, 0.6) is 0 Å². The average Bonchev–Trinajstić information content (AvgIpc) is 2.48. The molecular weight excluding hydrogens is 255 g/mol. The highest BCUT2D eigenvalue weighted by atomic mass is 19.1. The quantitative estimate of drug-likeness (QED) is 0.879. The number of rotatable bonds is 5. The maximum Gasteiger partial charge on any atom is 0.135 e. The Bertz CT molecular complexity index is 581. The van der Waals surface area contributed by atoms with Gasteiger partial charge in [0.2, 0.25) is 0 Å². The van der Waals surface area contributed by atoms with Gasteiger partial charge in [-0.05, 0) is 24.6 Å². The van der Waals surface area contributed by atoms with Gasteiger partial charge in [0.25, 0.3) is 0 Å². The number of nitrogens with zero attached hydrogens (tertiary/aromatic N) is 2. The van der Waals surface area contributed by atoms with Gasteiger partial charge in [0, 0.05) is 25.6 Å². The minimum Gasteiger partial charge on any atom is -0.373 e. The molecule has 5 heteroatoms. The Morgan fingerprint density at radius 1 is 1.10 bits per heavy atom. The molecule has 1 aromatic heterocycles. The Morgan fingerprint density at radius 3 is 2.35 bits per heavy atom. The molecule has 0 saturated carbocycles. The van der Waals surface area contributed by atoms with Crippen LogP contribution in [-0.4, -0.2) is 17.0 Å². The third-order valence-electron chi connectivity index (χ3n) is 3.12. The second-order valence-corrected chi connectivity index (χ2v) is 4.55. The molecule has 0 amide bonds. The molecule has 106 valence electrons. The van der Waals surface area contributed by atoms with Crippen molar-refractivity contribution in [2.45, 2.75) is 26.8 Å². The standard InChI is InChI=1S/C15H19FN4/c1-4-13-19-14(17-3)10(2)15(20-13)18-9-11-5-7-12(16)8-6-11/h5-8H,4,9H2,1-3H3,(H2,17,18,19,20). The summed E-state index contributed by atoms with van der Waals surface area (Å²) in [6.07, 6.45) is 0.778. The van der Waals surface area contributed by atoms with E-state index >= 15 is 0 Å². The third kappa shape index (κ3) is 3.23. The molecule has 0 fully saturated rings. The first-order chi connectivity index (χ1) is 9.63. The summed E-state index contributed by atoms with van der Waals surface area (Å²) in [4.78, 5) is 8.92. The predicted molar refractivity (Wildman–Crippen MR) is 79.4 cm³/mol. The zero-order valence-electron chi connectivity index (χ0n) is 12.0. The van der Waals surface area contributed by atoms with Gasteiger partial charge in [-0.25, -0.2) is 14.4 Å². The Kier molecular flexibility index (Phi) is 4.50. The van der Waals surface area contributed by atoms with E-state index in [-0.39, 0.29) is 5.82 Å². The van der Waals surface area contributed by atoms with Gasteiger partial charge in [0.15, 0.2) is 0 Å². The van der Waals surface area contributed by atoms with Gasteiger partial charge < -0.3 is 10.6 Å². The van der Waals surface area contributed by atoms with Gasteiger partial charge in [-0.3, -0.25) is 0 Å². The van der Waals surface area contributed by atoms with Crippen LogP contribution in [0.1, 0.15) is 23.9 Å². The van der Waals surface area contributed by atoms with E-state index in [4.69, 9.17) is 0 Å². The van der Waals surface area contributed by atoms with E-state index in [0.717, 1.165) is 35.0 Å². The van der Waals surface area contributed by atoms with Gasteiger partial charge in [0.1, 0.15) is 23.3 Å². The monoisotopic (exact) mass is 274 g/mol. The molecule has 0 unspecified atom stereocenters. The number of anilines is 2. The van der Waals surface area contributed by atoms with E-state index in [1.165, 1.54) is 12.1 Å². The van der Waals surface area contributed by atoms with E-state index in [0.29, 0.717) is 6.54 Å². The maximum absolute atomic E-state index is 12.9. The lowest BCUT2D eigenvalue weighted by Gasteiger charge is -2.13. The van der Waals surface area contributed by atoms with E-state index in [1.807, 2.05) is 20.9 Å². The molecule has 0 spiro atoms. The molecular formula is C15H19FN4. The molecule has 2 rings (SSSR count). The Labute approximate surface area is 118 Å². The van der Waals surface area contributed by atoms with Crippen LogP contribution < -0.4 is 10.6 Å². The van der Waals surface area contributed by atoms with Crippen molar-refractivity contribution in [3.63, 3.8) is 0 Å². The Hall–Kier alpha value is -2.17. The summed E-state index contributed by atoms with van der Waals surface area (Å²) in [5.74, 6) is 2.21. The van der Waals surface area contributed by atoms with Crippen molar-refractivity contribution < 1.29 is 4.39 Å². The van der Waals surface area contributed by atoms with Crippen molar-refractivity contribution in [1.29, 1.82) is 0 Å². The van der Waals surface area contributed by atoms with Crippen molar-refractivity contribution in [3.8, 4) is 0 Å². The second kappa shape index (κ2) is 6.32. The smallest absolute Gasteiger partial charge is 0.135 e.